The Labute approximate surface area is 184 Å². The van der Waals surface area contributed by atoms with Gasteiger partial charge in [0.25, 0.3) is 5.91 Å². The smallest absolute Gasteiger partial charge is 0.251 e. The fraction of sp³-hybridized carbons (Fsp3) is 0.667. The Kier molecular flexibility index (Phi) is 6.94. The molecule has 2 saturated heterocycles. The monoisotopic (exact) mass is 428 g/mol. The highest BCUT2D eigenvalue weighted by molar-refractivity contribution is 7.22. The standard InChI is InChI=1S/C24H36N4OS/c1-17-7-11-28(12-8-17)24-26-21-6-5-20(14-22(21)30-24)23(29)25-9-4-10-27-15-18(2)13-19(3)16-27/h5-6,14,17-19H,4,7-13,15-16H2,1-3H3,(H,25,29)/t18-,19-/m0/s1. The van der Waals surface area contributed by atoms with E-state index in [2.05, 4.69) is 35.9 Å². The van der Waals surface area contributed by atoms with Gasteiger partial charge in [-0.05, 0) is 68.2 Å². The van der Waals surface area contributed by atoms with Crippen LogP contribution in [-0.4, -0.2) is 55.1 Å². The Morgan fingerprint density at radius 2 is 1.87 bits per heavy atom. The quantitative estimate of drug-likeness (QED) is 0.682. The van der Waals surface area contributed by atoms with Crippen molar-refractivity contribution >= 4 is 32.6 Å². The summed E-state index contributed by atoms with van der Waals surface area (Å²) in [6, 6.07) is 5.91. The summed E-state index contributed by atoms with van der Waals surface area (Å²) in [5.74, 6) is 2.41. The van der Waals surface area contributed by atoms with Gasteiger partial charge in [0, 0.05) is 38.3 Å². The van der Waals surface area contributed by atoms with Crippen molar-refractivity contribution in [3.05, 3.63) is 23.8 Å². The van der Waals surface area contributed by atoms with E-state index in [0.717, 1.165) is 71.3 Å². The van der Waals surface area contributed by atoms with E-state index in [9.17, 15) is 4.79 Å². The first-order valence-electron chi connectivity index (χ1n) is 11.6. The van der Waals surface area contributed by atoms with Crippen molar-refractivity contribution in [1.82, 2.24) is 15.2 Å². The molecule has 2 fully saturated rings. The summed E-state index contributed by atoms with van der Waals surface area (Å²) in [7, 11) is 0. The minimum absolute atomic E-state index is 0.0269. The zero-order valence-corrected chi connectivity index (χ0v) is 19.5. The highest BCUT2D eigenvalue weighted by Gasteiger charge is 2.21. The van der Waals surface area contributed by atoms with E-state index in [1.807, 2.05) is 18.2 Å². The molecule has 5 nitrogen and oxygen atoms in total. The second kappa shape index (κ2) is 9.65. The van der Waals surface area contributed by atoms with Gasteiger partial charge in [-0.3, -0.25) is 4.79 Å². The van der Waals surface area contributed by atoms with Crippen LogP contribution in [0.4, 0.5) is 5.13 Å². The third-order valence-corrected chi connectivity index (χ3v) is 7.65. The summed E-state index contributed by atoms with van der Waals surface area (Å²) in [6.07, 6.45) is 4.81. The molecule has 0 aliphatic carbocycles. The van der Waals surface area contributed by atoms with Crippen LogP contribution in [0.3, 0.4) is 0 Å². The number of nitrogens with one attached hydrogen (secondary N) is 1. The first kappa shape index (κ1) is 21.6. The van der Waals surface area contributed by atoms with Crippen molar-refractivity contribution < 1.29 is 4.79 Å². The molecule has 6 heteroatoms. The van der Waals surface area contributed by atoms with Gasteiger partial charge in [-0.2, -0.15) is 0 Å². The molecule has 0 unspecified atom stereocenters. The van der Waals surface area contributed by atoms with Crippen molar-refractivity contribution in [2.24, 2.45) is 17.8 Å². The molecular formula is C24H36N4OS. The number of nitrogens with zero attached hydrogens (tertiary/aromatic N) is 3. The number of carbonyl (C=O) groups excluding carboxylic acids is 1. The number of piperidine rings is 2. The Morgan fingerprint density at radius 3 is 2.60 bits per heavy atom. The maximum Gasteiger partial charge on any atom is 0.251 e. The molecule has 2 atom stereocenters. The van der Waals surface area contributed by atoms with Crippen LogP contribution in [0.25, 0.3) is 10.2 Å². The van der Waals surface area contributed by atoms with Gasteiger partial charge >= 0.3 is 0 Å². The summed E-state index contributed by atoms with van der Waals surface area (Å²) in [5, 5.41) is 4.21. The average molecular weight is 429 g/mol. The minimum Gasteiger partial charge on any atom is -0.352 e. The number of carbonyl (C=O) groups is 1. The molecule has 164 valence electrons. The number of aromatic nitrogens is 1. The van der Waals surface area contributed by atoms with E-state index in [4.69, 9.17) is 4.98 Å². The first-order chi connectivity index (χ1) is 14.5. The van der Waals surface area contributed by atoms with Crippen molar-refractivity contribution in [3.8, 4) is 0 Å². The third-order valence-electron chi connectivity index (χ3n) is 6.57. The molecule has 3 heterocycles. The van der Waals surface area contributed by atoms with E-state index in [-0.39, 0.29) is 5.91 Å². The number of thiazole rings is 1. The summed E-state index contributed by atoms with van der Waals surface area (Å²) in [4.78, 5) is 22.4. The van der Waals surface area contributed by atoms with Gasteiger partial charge in [-0.1, -0.05) is 32.1 Å². The summed E-state index contributed by atoms with van der Waals surface area (Å²) < 4.78 is 1.10. The molecule has 1 N–H and O–H groups in total. The first-order valence-corrected chi connectivity index (χ1v) is 12.5. The Bertz CT molecular complexity index is 848. The van der Waals surface area contributed by atoms with Crippen LogP contribution in [0.5, 0.6) is 0 Å². The van der Waals surface area contributed by atoms with Gasteiger partial charge in [0.2, 0.25) is 0 Å². The van der Waals surface area contributed by atoms with Gasteiger partial charge in [-0.25, -0.2) is 4.98 Å². The van der Waals surface area contributed by atoms with Crippen molar-refractivity contribution in [2.75, 3.05) is 44.2 Å². The lowest BCUT2D eigenvalue weighted by atomic mass is 9.92. The third kappa shape index (κ3) is 5.33. The number of hydrogen-bond donors (Lipinski definition) is 1. The van der Waals surface area contributed by atoms with Crippen molar-refractivity contribution in [1.29, 1.82) is 0 Å². The normalized spacial score (nSPS) is 23.8. The predicted molar refractivity (Wildman–Crippen MR) is 127 cm³/mol. The van der Waals surface area contributed by atoms with Crippen LogP contribution in [0, 0.1) is 17.8 Å². The summed E-state index contributed by atoms with van der Waals surface area (Å²) in [5.41, 5.74) is 1.74. The second-order valence-corrected chi connectivity index (χ2v) is 10.7. The molecular weight excluding hydrogens is 392 g/mol. The lowest BCUT2D eigenvalue weighted by Gasteiger charge is -2.34. The molecule has 1 amide bonds. The van der Waals surface area contributed by atoms with Crippen LogP contribution in [-0.2, 0) is 0 Å². The molecule has 0 spiro atoms. The summed E-state index contributed by atoms with van der Waals surface area (Å²) in [6.45, 7) is 13.4. The number of rotatable bonds is 6. The molecule has 1 aromatic heterocycles. The number of anilines is 1. The topological polar surface area (TPSA) is 48.5 Å². The molecule has 2 aliphatic rings. The molecule has 2 aromatic rings. The molecule has 0 radical (unpaired) electrons. The van der Waals surface area contributed by atoms with Gasteiger partial charge < -0.3 is 15.1 Å². The lowest BCUT2D eigenvalue weighted by molar-refractivity contribution is 0.0947. The van der Waals surface area contributed by atoms with E-state index >= 15 is 0 Å². The van der Waals surface area contributed by atoms with E-state index in [1.54, 1.807) is 11.3 Å². The Balaban J connectivity index is 1.29. The Hall–Kier alpha value is -1.66. The van der Waals surface area contributed by atoms with E-state index in [0.29, 0.717) is 0 Å². The van der Waals surface area contributed by atoms with Crippen LogP contribution >= 0.6 is 11.3 Å². The molecule has 0 bridgehead atoms. The van der Waals surface area contributed by atoms with Crippen LogP contribution in [0.1, 0.15) is 56.8 Å². The lowest BCUT2D eigenvalue weighted by Crippen LogP contribution is -2.40. The van der Waals surface area contributed by atoms with Crippen molar-refractivity contribution in [2.45, 2.75) is 46.5 Å². The predicted octanol–water partition coefficient (Wildman–Crippen LogP) is 4.63. The Morgan fingerprint density at radius 1 is 1.13 bits per heavy atom. The number of likely N-dealkylation sites (tertiary alicyclic amines) is 1. The largest absolute Gasteiger partial charge is 0.352 e. The number of amides is 1. The maximum absolute atomic E-state index is 12.6. The van der Waals surface area contributed by atoms with Crippen LogP contribution in [0.15, 0.2) is 18.2 Å². The van der Waals surface area contributed by atoms with Crippen LogP contribution < -0.4 is 10.2 Å². The SMILES string of the molecule is CC1CCN(c2nc3ccc(C(=O)NCCCN4C[C@@H](C)C[C@H](C)C4)cc3s2)CC1. The van der Waals surface area contributed by atoms with Gasteiger partial charge in [0.1, 0.15) is 0 Å². The molecule has 1 aromatic carbocycles. The van der Waals surface area contributed by atoms with E-state index in [1.165, 1.54) is 32.4 Å². The fourth-order valence-electron chi connectivity index (χ4n) is 4.97. The van der Waals surface area contributed by atoms with Crippen LogP contribution in [0.2, 0.25) is 0 Å². The molecule has 2 aliphatic heterocycles. The molecule has 0 saturated carbocycles. The number of fused-ring (bicyclic) bond motifs is 1. The number of benzene rings is 1. The van der Waals surface area contributed by atoms with E-state index < -0.39 is 0 Å². The fourth-order valence-corrected chi connectivity index (χ4v) is 6.03. The highest BCUT2D eigenvalue weighted by Crippen LogP contribution is 2.32. The average Bonchev–Trinajstić information content (AvgIpc) is 3.14. The zero-order valence-electron chi connectivity index (χ0n) is 18.7. The number of hydrogen-bond acceptors (Lipinski definition) is 5. The van der Waals surface area contributed by atoms with Gasteiger partial charge in [0.15, 0.2) is 5.13 Å². The van der Waals surface area contributed by atoms with Gasteiger partial charge in [-0.15, -0.1) is 0 Å². The maximum atomic E-state index is 12.6. The molecule has 4 rings (SSSR count). The van der Waals surface area contributed by atoms with Gasteiger partial charge in [0.05, 0.1) is 10.2 Å². The second-order valence-electron chi connectivity index (χ2n) is 9.66. The summed E-state index contributed by atoms with van der Waals surface area (Å²) >= 11 is 1.71. The minimum atomic E-state index is 0.0269. The molecule has 30 heavy (non-hydrogen) atoms. The zero-order chi connectivity index (χ0) is 21.1. The highest BCUT2D eigenvalue weighted by atomic mass is 32.1. The van der Waals surface area contributed by atoms with Crippen molar-refractivity contribution in [3.63, 3.8) is 0 Å².